The zero-order chi connectivity index (χ0) is 24.1. The van der Waals surface area contributed by atoms with Crippen LogP contribution < -0.4 is 9.80 Å². The number of nitrogens with zero attached hydrogens (tertiary/aromatic N) is 7. The lowest BCUT2D eigenvalue weighted by Gasteiger charge is -2.39. The number of fused-ring (bicyclic) bond motifs is 1. The molecule has 3 aromatic heterocycles. The highest BCUT2D eigenvalue weighted by molar-refractivity contribution is 5.96. The summed E-state index contributed by atoms with van der Waals surface area (Å²) in [6.45, 7) is 0.667. The van der Waals surface area contributed by atoms with Gasteiger partial charge in [0.25, 0.3) is 6.43 Å². The maximum absolute atomic E-state index is 13.0. The Bertz CT molecular complexity index is 1220. The lowest BCUT2D eigenvalue weighted by Crippen LogP contribution is -2.42. The molecule has 0 N–H and O–H groups in total. The van der Waals surface area contributed by atoms with Gasteiger partial charge in [0.15, 0.2) is 11.5 Å². The highest BCUT2D eigenvalue weighted by Crippen LogP contribution is 2.43. The van der Waals surface area contributed by atoms with Crippen LogP contribution in [-0.2, 0) is 17.5 Å². The average Bonchev–Trinajstić information content (AvgIpc) is 3.33. The van der Waals surface area contributed by atoms with E-state index in [0.717, 1.165) is 23.0 Å². The monoisotopic (exact) mass is 481 g/mol. The molecule has 0 saturated carbocycles. The second-order valence-electron chi connectivity index (χ2n) is 8.70. The molecule has 1 amide bonds. The van der Waals surface area contributed by atoms with E-state index in [-0.39, 0.29) is 35.0 Å². The van der Waals surface area contributed by atoms with Gasteiger partial charge in [-0.2, -0.15) is 18.3 Å². The third-order valence-electron chi connectivity index (χ3n) is 6.46. The van der Waals surface area contributed by atoms with Crippen molar-refractivity contribution in [3.63, 3.8) is 0 Å². The van der Waals surface area contributed by atoms with E-state index >= 15 is 0 Å². The first-order valence-corrected chi connectivity index (χ1v) is 10.7. The Balaban J connectivity index is 1.31. The van der Waals surface area contributed by atoms with Crippen LogP contribution in [0.4, 0.5) is 33.6 Å². The van der Waals surface area contributed by atoms with Crippen molar-refractivity contribution in [2.75, 3.05) is 29.4 Å². The summed E-state index contributed by atoms with van der Waals surface area (Å²) in [6.07, 6.45) is -1.68. The molecule has 2 aliphatic heterocycles. The van der Waals surface area contributed by atoms with Gasteiger partial charge in [-0.05, 0) is 25.0 Å². The van der Waals surface area contributed by atoms with Crippen molar-refractivity contribution in [3.05, 3.63) is 36.3 Å². The third kappa shape index (κ3) is 4.14. The largest absolute Gasteiger partial charge is 0.416 e. The van der Waals surface area contributed by atoms with Crippen molar-refractivity contribution in [1.82, 2.24) is 24.7 Å². The lowest BCUT2D eigenvalue weighted by atomic mass is 9.77. The summed E-state index contributed by atoms with van der Waals surface area (Å²) in [5, 5.41) is 3.89. The van der Waals surface area contributed by atoms with E-state index in [1.165, 1.54) is 17.3 Å². The Hall–Kier alpha value is -3.38. The molecule has 0 atom stereocenters. The van der Waals surface area contributed by atoms with Crippen LogP contribution >= 0.6 is 0 Å². The molecular weight excluding hydrogens is 461 g/mol. The van der Waals surface area contributed by atoms with Crippen molar-refractivity contribution in [1.29, 1.82) is 0 Å². The SMILES string of the molecule is O=C1CC2(CCN(c3cc(C(F)(F)F)ccn3)CC2)CN1c1cnc2cnn(CC(F)F)c2n1. The number of hydrogen-bond acceptors (Lipinski definition) is 6. The molecule has 2 fully saturated rings. The zero-order valence-corrected chi connectivity index (χ0v) is 17.8. The maximum atomic E-state index is 13.0. The summed E-state index contributed by atoms with van der Waals surface area (Å²) in [6, 6.07) is 1.98. The molecule has 34 heavy (non-hydrogen) atoms. The standard InChI is InChI=1S/C21H20F5N7O/c22-15(23)11-33-19-14(9-29-33)28-10-17(30-19)32-12-20(8-18(32)34)2-5-31(6-3-20)16-7-13(1-4-27-16)21(24,25)26/h1,4,7,9-10,15H,2-3,5-6,8,11-12H2. The third-order valence-corrected chi connectivity index (χ3v) is 6.46. The van der Waals surface area contributed by atoms with Gasteiger partial charge in [0.2, 0.25) is 5.91 Å². The minimum atomic E-state index is -4.44. The number of piperidine rings is 1. The zero-order valence-electron chi connectivity index (χ0n) is 17.8. The quantitative estimate of drug-likeness (QED) is 0.531. The van der Waals surface area contributed by atoms with Gasteiger partial charge in [0, 0.05) is 37.7 Å². The Morgan fingerprint density at radius 3 is 2.56 bits per heavy atom. The van der Waals surface area contributed by atoms with E-state index in [1.807, 2.05) is 0 Å². The molecule has 0 unspecified atom stereocenters. The van der Waals surface area contributed by atoms with Gasteiger partial charge >= 0.3 is 6.18 Å². The molecule has 2 aliphatic rings. The first kappa shape index (κ1) is 22.4. The number of rotatable bonds is 4. The molecule has 180 valence electrons. The Morgan fingerprint density at radius 2 is 1.85 bits per heavy atom. The number of carbonyl (C=O) groups excluding carboxylic acids is 1. The van der Waals surface area contributed by atoms with Crippen LogP contribution in [0.25, 0.3) is 11.2 Å². The van der Waals surface area contributed by atoms with Gasteiger partial charge in [-0.15, -0.1) is 0 Å². The van der Waals surface area contributed by atoms with Crippen LogP contribution in [0.5, 0.6) is 0 Å². The summed E-state index contributed by atoms with van der Waals surface area (Å²) in [5.41, 5.74) is -0.570. The van der Waals surface area contributed by atoms with Gasteiger partial charge in [-0.1, -0.05) is 0 Å². The lowest BCUT2D eigenvalue weighted by molar-refractivity contribution is -0.137. The van der Waals surface area contributed by atoms with Crippen LogP contribution in [-0.4, -0.2) is 56.7 Å². The molecule has 5 rings (SSSR count). The van der Waals surface area contributed by atoms with Gasteiger partial charge < -0.3 is 4.90 Å². The van der Waals surface area contributed by atoms with Crippen LogP contribution in [0.1, 0.15) is 24.8 Å². The number of pyridine rings is 1. The molecular formula is C21H20F5N7O. The summed E-state index contributed by atoms with van der Waals surface area (Å²) in [4.78, 5) is 28.8. The number of carbonyl (C=O) groups is 1. The summed E-state index contributed by atoms with van der Waals surface area (Å²) < 4.78 is 65.8. The van der Waals surface area contributed by atoms with Gasteiger partial charge in [0.1, 0.15) is 17.9 Å². The molecule has 5 heterocycles. The van der Waals surface area contributed by atoms with E-state index in [4.69, 9.17) is 0 Å². The number of hydrogen-bond donors (Lipinski definition) is 0. The number of anilines is 2. The second kappa shape index (κ2) is 8.13. The molecule has 8 nitrogen and oxygen atoms in total. The fraction of sp³-hybridized carbons (Fsp3) is 0.476. The van der Waals surface area contributed by atoms with Crippen molar-refractivity contribution < 1.29 is 26.7 Å². The van der Waals surface area contributed by atoms with E-state index in [1.54, 1.807) is 4.90 Å². The van der Waals surface area contributed by atoms with Gasteiger partial charge in [0.05, 0.1) is 18.0 Å². The Morgan fingerprint density at radius 1 is 1.09 bits per heavy atom. The topological polar surface area (TPSA) is 80.0 Å². The van der Waals surface area contributed by atoms with E-state index < -0.39 is 24.7 Å². The number of halogens is 5. The molecule has 13 heteroatoms. The predicted octanol–water partition coefficient (Wildman–Crippen LogP) is 3.53. The van der Waals surface area contributed by atoms with E-state index in [9.17, 15) is 26.7 Å². The average molecular weight is 481 g/mol. The highest BCUT2D eigenvalue weighted by atomic mass is 19.4. The molecule has 0 aliphatic carbocycles. The van der Waals surface area contributed by atoms with Crippen molar-refractivity contribution >= 4 is 28.7 Å². The minimum absolute atomic E-state index is 0.154. The molecule has 0 bridgehead atoms. The molecule has 0 aromatic carbocycles. The van der Waals surface area contributed by atoms with E-state index in [0.29, 0.717) is 38.0 Å². The molecule has 1 spiro atoms. The first-order chi connectivity index (χ1) is 16.1. The highest BCUT2D eigenvalue weighted by Gasteiger charge is 2.46. The summed E-state index contributed by atoms with van der Waals surface area (Å²) >= 11 is 0. The molecule has 3 aromatic rings. The summed E-state index contributed by atoms with van der Waals surface area (Å²) in [5.74, 6) is 0.376. The van der Waals surface area contributed by atoms with Crippen molar-refractivity contribution in [2.24, 2.45) is 5.41 Å². The summed E-state index contributed by atoms with van der Waals surface area (Å²) in [7, 11) is 0. The van der Waals surface area contributed by atoms with E-state index in [2.05, 4.69) is 20.1 Å². The number of alkyl halides is 5. The second-order valence-corrected chi connectivity index (χ2v) is 8.70. The number of aromatic nitrogens is 5. The Kier molecular flexibility index (Phi) is 5.36. The normalized spacial score (nSPS) is 18.6. The number of amides is 1. The van der Waals surface area contributed by atoms with Crippen LogP contribution in [0.15, 0.2) is 30.7 Å². The first-order valence-electron chi connectivity index (χ1n) is 10.7. The van der Waals surface area contributed by atoms with Gasteiger partial charge in [-0.25, -0.2) is 28.4 Å². The predicted molar refractivity (Wildman–Crippen MR) is 111 cm³/mol. The van der Waals surface area contributed by atoms with Crippen molar-refractivity contribution in [2.45, 2.75) is 38.4 Å². The van der Waals surface area contributed by atoms with Gasteiger partial charge in [-0.3, -0.25) is 9.69 Å². The fourth-order valence-electron chi connectivity index (χ4n) is 4.65. The maximum Gasteiger partial charge on any atom is 0.416 e. The van der Waals surface area contributed by atoms with Crippen LogP contribution in [0.2, 0.25) is 0 Å². The Labute approximate surface area is 190 Å². The fourth-order valence-corrected chi connectivity index (χ4v) is 4.65. The molecule has 0 radical (unpaired) electrons. The van der Waals surface area contributed by atoms with Crippen LogP contribution in [0.3, 0.4) is 0 Å². The molecule has 2 saturated heterocycles. The minimum Gasteiger partial charge on any atom is -0.357 e. The smallest absolute Gasteiger partial charge is 0.357 e. The van der Waals surface area contributed by atoms with Crippen molar-refractivity contribution in [3.8, 4) is 0 Å². The van der Waals surface area contributed by atoms with Crippen LogP contribution in [0, 0.1) is 5.41 Å².